The highest BCUT2D eigenvalue weighted by molar-refractivity contribution is 5.79. The Morgan fingerprint density at radius 3 is 1.27 bits per heavy atom. The number of nitrogens with zero attached hydrogens (tertiary/aromatic N) is 2. The van der Waals surface area contributed by atoms with E-state index in [0.717, 1.165) is 11.1 Å². The Labute approximate surface area is 256 Å². The minimum Gasteiger partial charge on any atom is -0.493 e. The summed E-state index contributed by atoms with van der Waals surface area (Å²) in [7, 11) is 6.15. The molecular weight excluding hydrogens is 576 g/mol. The Kier molecular flexibility index (Phi) is 15.3. The van der Waals surface area contributed by atoms with Crippen LogP contribution in [0, 0.1) is 0 Å². The average molecular weight is 619 g/mol. The summed E-state index contributed by atoms with van der Waals surface area (Å²) in [4.78, 5) is 50.8. The van der Waals surface area contributed by atoms with Gasteiger partial charge in [0.25, 0.3) is 0 Å². The van der Waals surface area contributed by atoms with Crippen molar-refractivity contribution in [2.75, 3.05) is 80.8 Å². The molecule has 44 heavy (non-hydrogen) atoms. The van der Waals surface area contributed by atoms with Crippen molar-refractivity contribution in [2.24, 2.45) is 0 Å². The molecule has 0 heterocycles. The van der Waals surface area contributed by atoms with Crippen molar-refractivity contribution < 1.29 is 48.3 Å². The third kappa shape index (κ3) is 12.8. The van der Waals surface area contributed by atoms with Crippen LogP contribution in [0.1, 0.15) is 11.1 Å². The molecule has 2 aromatic carbocycles. The highest BCUT2D eigenvalue weighted by Gasteiger charge is 2.19. The van der Waals surface area contributed by atoms with E-state index >= 15 is 0 Å². The second-order valence-corrected chi connectivity index (χ2v) is 9.79. The summed E-state index contributed by atoms with van der Waals surface area (Å²) < 4.78 is 21.0. The second-order valence-electron chi connectivity index (χ2n) is 9.79. The van der Waals surface area contributed by atoms with Crippen LogP contribution >= 0.6 is 0 Å². The molecule has 0 aromatic heterocycles. The Bertz CT molecular complexity index is 1160. The number of carbonyl (C=O) groups is 4. The molecule has 0 atom stereocenters. The monoisotopic (exact) mass is 618 g/mol. The van der Waals surface area contributed by atoms with Gasteiger partial charge in [-0.1, -0.05) is 12.1 Å². The van der Waals surface area contributed by atoms with E-state index in [1.54, 1.807) is 26.4 Å². The lowest BCUT2D eigenvalue weighted by atomic mass is 10.1. The van der Waals surface area contributed by atoms with Crippen LogP contribution in [0.4, 0.5) is 0 Å². The van der Waals surface area contributed by atoms with Gasteiger partial charge in [-0.15, -0.1) is 0 Å². The molecule has 0 aliphatic rings. The number of aliphatic carboxylic acids is 2. The summed E-state index contributed by atoms with van der Waals surface area (Å²) in [5.74, 6) is -0.722. The normalized spacial score (nSPS) is 10.8. The van der Waals surface area contributed by atoms with Crippen molar-refractivity contribution in [1.29, 1.82) is 0 Å². The van der Waals surface area contributed by atoms with Crippen molar-refractivity contribution in [3.05, 3.63) is 47.5 Å². The van der Waals surface area contributed by atoms with E-state index in [0.29, 0.717) is 48.9 Å². The fourth-order valence-electron chi connectivity index (χ4n) is 4.38. The molecule has 242 valence electrons. The molecule has 2 amide bonds. The lowest BCUT2D eigenvalue weighted by molar-refractivity contribution is -0.141. The van der Waals surface area contributed by atoms with E-state index in [1.807, 2.05) is 24.3 Å². The summed E-state index contributed by atoms with van der Waals surface area (Å²) in [6.07, 6.45) is 1.02. The fraction of sp³-hybridized carbons (Fsp3) is 0.467. The summed E-state index contributed by atoms with van der Waals surface area (Å²) in [5.41, 5.74) is 1.83. The Morgan fingerprint density at radius 1 is 0.591 bits per heavy atom. The Morgan fingerprint density at radius 2 is 0.955 bits per heavy atom. The Balaban J connectivity index is 1.87. The molecule has 0 bridgehead atoms. The molecule has 0 unspecified atom stereocenters. The van der Waals surface area contributed by atoms with E-state index in [4.69, 9.17) is 18.9 Å². The molecule has 4 N–H and O–H groups in total. The molecule has 0 radical (unpaired) electrons. The number of methoxy groups -OCH3 is 4. The van der Waals surface area contributed by atoms with Gasteiger partial charge in [-0.25, -0.2) is 0 Å². The number of carbonyl (C=O) groups excluding carboxylic acids is 2. The lowest BCUT2D eigenvalue weighted by Crippen LogP contribution is -2.46. The molecule has 0 saturated heterocycles. The van der Waals surface area contributed by atoms with Crippen molar-refractivity contribution in [1.82, 2.24) is 20.4 Å². The second kappa shape index (κ2) is 18.9. The number of rotatable bonds is 21. The summed E-state index contributed by atoms with van der Waals surface area (Å²) in [6, 6.07) is 10.9. The van der Waals surface area contributed by atoms with Crippen LogP contribution in [0.2, 0.25) is 0 Å². The molecule has 0 aliphatic heterocycles. The number of hydrogen-bond donors (Lipinski definition) is 4. The average Bonchev–Trinajstić information content (AvgIpc) is 2.98. The third-order valence-corrected chi connectivity index (χ3v) is 6.55. The maximum atomic E-state index is 12.6. The zero-order chi connectivity index (χ0) is 32.5. The summed E-state index contributed by atoms with van der Waals surface area (Å²) in [6.45, 7) is -0.548. The first kappa shape index (κ1) is 35.6. The number of benzene rings is 2. The highest BCUT2D eigenvalue weighted by Crippen LogP contribution is 2.28. The number of hydrogen-bond acceptors (Lipinski definition) is 10. The van der Waals surface area contributed by atoms with Gasteiger partial charge < -0.3 is 39.8 Å². The predicted molar refractivity (Wildman–Crippen MR) is 161 cm³/mol. The fourth-order valence-corrected chi connectivity index (χ4v) is 4.38. The van der Waals surface area contributed by atoms with Crippen LogP contribution in [0.25, 0.3) is 0 Å². The quantitative estimate of drug-likeness (QED) is 0.153. The van der Waals surface area contributed by atoms with E-state index in [9.17, 15) is 29.4 Å². The zero-order valence-corrected chi connectivity index (χ0v) is 25.6. The first-order valence-corrected chi connectivity index (χ1v) is 13.9. The van der Waals surface area contributed by atoms with Crippen LogP contribution < -0.4 is 29.6 Å². The van der Waals surface area contributed by atoms with Gasteiger partial charge >= 0.3 is 11.9 Å². The minimum absolute atomic E-state index is 0.0571. The number of carboxylic acid groups (broad SMARTS) is 2. The van der Waals surface area contributed by atoms with Crippen molar-refractivity contribution in [2.45, 2.75) is 12.8 Å². The van der Waals surface area contributed by atoms with Crippen LogP contribution in [-0.2, 0) is 32.0 Å². The van der Waals surface area contributed by atoms with Crippen molar-refractivity contribution >= 4 is 23.8 Å². The van der Waals surface area contributed by atoms with E-state index in [-0.39, 0.29) is 38.0 Å². The van der Waals surface area contributed by atoms with Crippen molar-refractivity contribution in [3.63, 3.8) is 0 Å². The largest absolute Gasteiger partial charge is 0.493 e. The van der Waals surface area contributed by atoms with Crippen LogP contribution in [0.3, 0.4) is 0 Å². The number of amides is 2. The van der Waals surface area contributed by atoms with Gasteiger partial charge in [0, 0.05) is 26.2 Å². The van der Waals surface area contributed by atoms with Gasteiger partial charge in [0.2, 0.25) is 11.8 Å². The molecule has 2 rings (SSSR count). The standard InChI is InChI=1S/C30H42N4O10/c1-41-23-7-5-21(15-25(23)43-3)9-11-31-27(35)17-33(19-29(37)38)13-14-34(20-30(39)40)18-28(36)32-12-10-22-6-8-24(42-2)26(16-22)44-4/h5-8,15-16H,9-14,17-20H2,1-4H3,(H,31,35)(H,32,36)(H,37,38)(H,39,40). The molecule has 0 spiro atoms. The molecule has 0 fully saturated rings. The third-order valence-electron chi connectivity index (χ3n) is 6.55. The van der Waals surface area contributed by atoms with Gasteiger partial charge in [-0.05, 0) is 48.2 Å². The first-order valence-electron chi connectivity index (χ1n) is 13.9. The van der Waals surface area contributed by atoms with Gasteiger partial charge in [0.1, 0.15) is 0 Å². The smallest absolute Gasteiger partial charge is 0.317 e. The van der Waals surface area contributed by atoms with Crippen LogP contribution in [-0.4, -0.2) is 125 Å². The van der Waals surface area contributed by atoms with Crippen LogP contribution in [0.5, 0.6) is 23.0 Å². The van der Waals surface area contributed by atoms with E-state index in [1.165, 1.54) is 24.0 Å². The van der Waals surface area contributed by atoms with E-state index in [2.05, 4.69) is 10.6 Å². The Hall–Kier alpha value is -4.56. The summed E-state index contributed by atoms with van der Waals surface area (Å²) >= 11 is 0. The van der Waals surface area contributed by atoms with Crippen molar-refractivity contribution in [3.8, 4) is 23.0 Å². The maximum Gasteiger partial charge on any atom is 0.317 e. The van der Waals surface area contributed by atoms with Gasteiger partial charge in [-0.3, -0.25) is 29.0 Å². The van der Waals surface area contributed by atoms with Gasteiger partial charge in [0.15, 0.2) is 23.0 Å². The number of carboxylic acids is 2. The zero-order valence-electron chi connectivity index (χ0n) is 25.6. The number of nitrogens with one attached hydrogen (secondary N) is 2. The topological polar surface area (TPSA) is 176 Å². The molecule has 2 aromatic rings. The molecule has 0 saturated carbocycles. The summed E-state index contributed by atoms with van der Waals surface area (Å²) in [5, 5.41) is 24.2. The predicted octanol–water partition coefficient (Wildman–Crippen LogP) is 0.512. The van der Waals surface area contributed by atoms with Crippen LogP contribution in [0.15, 0.2) is 36.4 Å². The highest BCUT2D eigenvalue weighted by atomic mass is 16.5. The van der Waals surface area contributed by atoms with Gasteiger partial charge in [0.05, 0.1) is 54.6 Å². The maximum absolute atomic E-state index is 12.6. The molecular formula is C30H42N4O10. The molecule has 0 aliphatic carbocycles. The number of ether oxygens (including phenoxy) is 4. The van der Waals surface area contributed by atoms with Gasteiger partial charge in [-0.2, -0.15) is 0 Å². The molecule has 14 heteroatoms. The van der Waals surface area contributed by atoms with E-state index < -0.39 is 25.0 Å². The SMILES string of the molecule is COc1ccc(CCNC(=O)CN(CCN(CC(=O)O)CC(=O)NCCc2ccc(OC)c(OC)c2)CC(=O)O)cc1OC. The minimum atomic E-state index is -1.14. The molecule has 14 nitrogen and oxygen atoms in total. The first-order chi connectivity index (χ1) is 21.1. The lowest BCUT2D eigenvalue weighted by Gasteiger charge is -2.25.